The van der Waals surface area contributed by atoms with Gasteiger partial charge < -0.3 is 14.4 Å². The molecule has 2 aromatic rings. The van der Waals surface area contributed by atoms with Crippen molar-refractivity contribution in [2.75, 3.05) is 12.9 Å². The Bertz CT molecular complexity index is 856. The maximum atomic E-state index is 5.91. The maximum Gasteiger partial charge on any atom is 0.161 e. The SMILES string of the molecule is CC[C@@H]1CSC2=N[C@H](c3ccccn3)[C@H](c3ccc(OC(C)C)c(OC)c3)N21. The molecule has 1 fully saturated rings. The minimum atomic E-state index is -0.0142. The first-order valence-corrected chi connectivity index (χ1v) is 10.8. The summed E-state index contributed by atoms with van der Waals surface area (Å²) in [6.45, 7) is 6.29. The van der Waals surface area contributed by atoms with Crippen molar-refractivity contribution in [2.24, 2.45) is 4.99 Å². The Morgan fingerprint density at radius 2 is 2.07 bits per heavy atom. The Labute approximate surface area is 171 Å². The standard InChI is InChI=1S/C22H27N3O2S/c1-5-16-13-28-22-24-20(17-8-6-7-11-23-17)21(25(16)22)15-9-10-18(27-14(2)3)19(12-15)26-4/h6-12,14,16,20-21H,5,13H2,1-4H3/t16-,20-,21+/m1/s1. The summed E-state index contributed by atoms with van der Waals surface area (Å²) in [6, 6.07) is 12.9. The highest BCUT2D eigenvalue weighted by atomic mass is 32.2. The van der Waals surface area contributed by atoms with Crippen molar-refractivity contribution in [1.29, 1.82) is 0 Å². The van der Waals surface area contributed by atoms with E-state index in [0.29, 0.717) is 6.04 Å². The molecular formula is C22H27N3O2S. The average molecular weight is 398 g/mol. The fourth-order valence-corrected chi connectivity index (χ4v) is 5.27. The molecule has 3 heterocycles. The number of hydrogen-bond acceptors (Lipinski definition) is 6. The van der Waals surface area contributed by atoms with E-state index in [1.807, 2.05) is 50.0 Å². The summed E-state index contributed by atoms with van der Waals surface area (Å²) in [4.78, 5) is 12.2. The molecule has 3 atom stereocenters. The Kier molecular flexibility index (Phi) is 5.49. The highest BCUT2D eigenvalue weighted by Gasteiger charge is 2.45. The Morgan fingerprint density at radius 3 is 2.75 bits per heavy atom. The maximum absolute atomic E-state index is 5.91. The Balaban J connectivity index is 1.76. The summed E-state index contributed by atoms with van der Waals surface area (Å²) < 4.78 is 11.6. The molecule has 0 N–H and O–H groups in total. The van der Waals surface area contributed by atoms with Gasteiger partial charge >= 0.3 is 0 Å². The van der Waals surface area contributed by atoms with Gasteiger partial charge in [-0.2, -0.15) is 0 Å². The lowest BCUT2D eigenvalue weighted by Crippen LogP contribution is -2.35. The lowest BCUT2D eigenvalue weighted by Gasteiger charge is -2.32. The van der Waals surface area contributed by atoms with Crippen LogP contribution < -0.4 is 9.47 Å². The number of benzene rings is 1. The van der Waals surface area contributed by atoms with Gasteiger partial charge in [-0.1, -0.05) is 30.8 Å². The lowest BCUT2D eigenvalue weighted by atomic mass is 9.95. The van der Waals surface area contributed by atoms with Gasteiger partial charge in [0, 0.05) is 18.0 Å². The highest BCUT2D eigenvalue weighted by Crippen LogP contribution is 2.49. The van der Waals surface area contributed by atoms with Crippen molar-refractivity contribution in [3.63, 3.8) is 0 Å². The second-order valence-electron chi connectivity index (χ2n) is 7.41. The minimum absolute atomic E-state index is 0.0142. The molecule has 0 radical (unpaired) electrons. The van der Waals surface area contributed by atoms with Crippen LogP contribution in [0.2, 0.25) is 0 Å². The molecule has 4 rings (SSSR count). The molecule has 148 valence electrons. The second kappa shape index (κ2) is 8.03. The Hall–Kier alpha value is -2.21. The van der Waals surface area contributed by atoms with E-state index < -0.39 is 0 Å². The number of nitrogens with zero attached hydrogens (tertiary/aromatic N) is 3. The van der Waals surface area contributed by atoms with Crippen LogP contribution in [0.3, 0.4) is 0 Å². The van der Waals surface area contributed by atoms with Crippen LogP contribution >= 0.6 is 11.8 Å². The Morgan fingerprint density at radius 1 is 1.21 bits per heavy atom. The van der Waals surface area contributed by atoms with E-state index in [2.05, 4.69) is 35.0 Å². The third kappa shape index (κ3) is 3.46. The van der Waals surface area contributed by atoms with Gasteiger partial charge in [0.25, 0.3) is 0 Å². The molecule has 0 spiro atoms. The number of thioether (sulfide) groups is 1. The molecule has 2 aliphatic heterocycles. The first-order valence-electron chi connectivity index (χ1n) is 9.86. The molecule has 1 saturated heterocycles. The summed E-state index contributed by atoms with van der Waals surface area (Å²) in [7, 11) is 1.69. The van der Waals surface area contributed by atoms with E-state index in [1.54, 1.807) is 7.11 Å². The van der Waals surface area contributed by atoms with E-state index in [9.17, 15) is 0 Å². The molecule has 5 nitrogen and oxygen atoms in total. The zero-order valence-electron chi connectivity index (χ0n) is 16.8. The highest BCUT2D eigenvalue weighted by molar-refractivity contribution is 8.14. The van der Waals surface area contributed by atoms with Crippen LogP contribution in [0.5, 0.6) is 11.5 Å². The number of ether oxygens (including phenoxy) is 2. The van der Waals surface area contributed by atoms with Gasteiger partial charge in [0.1, 0.15) is 6.04 Å². The quantitative estimate of drug-likeness (QED) is 0.697. The van der Waals surface area contributed by atoms with Crippen LogP contribution in [0.4, 0.5) is 0 Å². The molecule has 0 saturated carbocycles. The molecule has 2 aliphatic rings. The lowest BCUT2D eigenvalue weighted by molar-refractivity contribution is 0.228. The van der Waals surface area contributed by atoms with Gasteiger partial charge in [-0.25, -0.2) is 0 Å². The third-order valence-electron chi connectivity index (χ3n) is 5.22. The van der Waals surface area contributed by atoms with E-state index >= 15 is 0 Å². The van der Waals surface area contributed by atoms with Crippen molar-refractivity contribution in [1.82, 2.24) is 9.88 Å². The number of fused-ring (bicyclic) bond motifs is 1. The number of hydrogen-bond donors (Lipinski definition) is 0. The molecule has 6 heteroatoms. The minimum Gasteiger partial charge on any atom is -0.493 e. The van der Waals surface area contributed by atoms with E-state index in [-0.39, 0.29) is 18.2 Å². The smallest absolute Gasteiger partial charge is 0.161 e. The summed E-state index contributed by atoms with van der Waals surface area (Å²) >= 11 is 1.86. The van der Waals surface area contributed by atoms with Crippen LogP contribution in [0.25, 0.3) is 0 Å². The van der Waals surface area contributed by atoms with Crippen LogP contribution in [0.15, 0.2) is 47.6 Å². The molecule has 0 amide bonds. The number of methoxy groups -OCH3 is 1. The third-order valence-corrected chi connectivity index (χ3v) is 6.35. The average Bonchev–Trinajstić information content (AvgIpc) is 3.27. The van der Waals surface area contributed by atoms with Crippen molar-refractivity contribution in [3.8, 4) is 11.5 Å². The van der Waals surface area contributed by atoms with E-state index in [1.165, 1.54) is 5.56 Å². The van der Waals surface area contributed by atoms with Crippen LogP contribution in [-0.4, -0.2) is 40.1 Å². The van der Waals surface area contributed by atoms with E-state index in [0.717, 1.165) is 34.5 Å². The van der Waals surface area contributed by atoms with Gasteiger partial charge in [0.05, 0.1) is 24.9 Å². The molecule has 1 aromatic carbocycles. The number of pyridine rings is 1. The molecular weight excluding hydrogens is 370 g/mol. The predicted octanol–water partition coefficient (Wildman–Crippen LogP) is 4.86. The first kappa shape index (κ1) is 19.1. The van der Waals surface area contributed by atoms with Gasteiger partial charge in [0.2, 0.25) is 0 Å². The topological polar surface area (TPSA) is 47.0 Å². The fraction of sp³-hybridized carbons (Fsp3) is 0.455. The van der Waals surface area contributed by atoms with Crippen LogP contribution in [0, 0.1) is 0 Å². The van der Waals surface area contributed by atoms with Crippen LogP contribution in [0.1, 0.15) is 50.5 Å². The monoisotopic (exact) mass is 397 g/mol. The van der Waals surface area contributed by atoms with E-state index in [4.69, 9.17) is 14.5 Å². The molecule has 0 bridgehead atoms. The van der Waals surface area contributed by atoms with Crippen molar-refractivity contribution in [2.45, 2.75) is 51.4 Å². The molecule has 0 aliphatic carbocycles. The second-order valence-corrected chi connectivity index (χ2v) is 8.40. The summed E-state index contributed by atoms with van der Waals surface area (Å²) in [6.07, 6.45) is 3.05. The number of aliphatic imine (C=N–C) groups is 1. The summed E-state index contributed by atoms with van der Waals surface area (Å²) in [5.74, 6) is 2.63. The van der Waals surface area contributed by atoms with Crippen LogP contribution in [-0.2, 0) is 0 Å². The number of amidine groups is 1. The van der Waals surface area contributed by atoms with Gasteiger partial charge in [-0.3, -0.25) is 9.98 Å². The van der Waals surface area contributed by atoms with Crippen molar-refractivity contribution >= 4 is 16.9 Å². The zero-order valence-corrected chi connectivity index (χ0v) is 17.6. The fourth-order valence-electron chi connectivity index (χ4n) is 3.93. The first-order chi connectivity index (χ1) is 13.6. The molecule has 28 heavy (non-hydrogen) atoms. The number of aromatic nitrogens is 1. The van der Waals surface area contributed by atoms with Crippen molar-refractivity contribution < 1.29 is 9.47 Å². The van der Waals surface area contributed by atoms with Crippen molar-refractivity contribution in [3.05, 3.63) is 53.9 Å². The zero-order chi connectivity index (χ0) is 19.7. The van der Waals surface area contributed by atoms with Gasteiger partial charge in [-0.15, -0.1) is 0 Å². The predicted molar refractivity (Wildman–Crippen MR) is 114 cm³/mol. The molecule has 1 aromatic heterocycles. The van der Waals surface area contributed by atoms with Gasteiger partial charge in [-0.05, 0) is 50.1 Å². The number of rotatable bonds is 6. The normalized spacial score (nSPS) is 23.7. The summed E-state index contributed by atoms with van der Waals surface area (Å²) in [5.41, 5.74) is 2.19. The summed E-state index contributed by atoms with van der Waals surface area (Å²) in [5, 5.41) is 1.13. The molecule has 0 unspecified atom stereocenters. The largest absolute Gasteiger partial charge is 0.493 e. The van der Waals surface area contributed by atoms with Gasteiger partial charge in [0.15, 0.2) is 16.7 Å².